The van der Waals surface area contributed by atoms with Crippen molar-refractivity contribution in [3.8, 4) is 0 Å². The smallest absolute Gasteiger partial charge is 0.323 e. The van der Waals surface area contributed by atoms with Crippen LogP contribution in [-0.4, -0.2) is 65.5 Å². The summed E-state index contributed by atoms with van der Waals surface area (Å²) >= 11 is 0. The Balaban J connectivity index is 4.56. The number of aliphatic carboxylic acids is 1. The zero-order valence-electron chi connectivity index (χ0n) is 11.3. The molecule has 0 aromatic carbocycles. The van der Waals surface area contributed by atoms with Gasteiger partial charge in [0.2, 0.25) is 5.91 Å². The summed E-state index contributed by atoms with van der Waals surface area (Å²) in [6, 6.07) is -0.719. The van der Waals surface area contributed by atoms with Crippen molar-refractivity contribution in [3.63, 3.8) is 0 Å². The minimum atomic E-state index is -1.08. The molecule has 0 saturated carbocycles. The highest BCUT2D eigenvalue weighted by Gasteiger charge is 2.23. The number of carbonyl (C=O) groups excluding carboxylic acids is 2. The zero-order valence-corrected chi connectivity index (χ0v) is 11.3. The van der Waals surface area contributed by atoms with Gasteiger partial charge in [-0.25, -0.2) is 4.79 Å². The molecular weight excluding hydrogens is 238 g/mol. The van der Waals surface area contributed by atoms with Crippen LogP contribution in [0.4, 0.5) is 4.79 Å². The summed E-state index contributed by atoms with van der Waals surface area (Å²) in [6.45, 7) is 5.25. The molecule has 104 valence electrons. The number of hydrogen-bond donors (Lipinski definition) is 2. The van der Waals surface area contributed by atoms with Crippen LogP contribution < -0.4 is 5.32 Å². The molecule has 0 rings (SSSR count). The fraction of sp³-hybridized carbons (Fsp3) is 0.727. The molecule has 7 heteroatoms. The molecule has 0 saturated heterocycles. The van der Waals surface area contributed by atoms with Gasteiger partial charge in [0.1, 0.15) is 13.1 Å². The van der Waals surface area contributed by atoms with Crippen LogP contribution >= 0.6 is 0 Å². The van der Waals surface area contributed by atoms with Crippen LogP contribution in [-0.2, 0) is 9.59 Å². The number of likely N-dealkylation sites (N-methyl/N-ethyl adjacent to an activating group) is 2. The number of carbonyl (C=O) groups is 3. The van der Waals surface area contributed by atoms with Crippen LogP contribution in [0.25, 0.3) is 0 Å². The van der Waals surface area contributed by atoms with E-state index >= 15 is 0 Å². The summed E-state index contributed by atoms with van der Waals surface area (Å²) in [5.74, 6) is -1.35. The molecule has 0 unspecified atom stereocenters. The van der Waals surface area contributed by atoms with Crippen LogP contribution in [0.1, 0.15) is 20.8 Å². The van der Waals surface area contributed by atoms with Crippen molar-refractivity contribution in [2.24, 2.45) is 0 Å². The predicted octanol–water partition coefficient (Wildman–Crippen LogP) is -0.0307. The second-order valence-electron chi connectivity index (χ2n) is 4.21. The number of amides is 3. The Morgan fingerprint density at radius 3 is 2.17 bits per heavy atom. The monoisotopic (exact) mass is 259 g/mol. The van der Waals surface area contributed by atoms with E-state index in [0.29, 0.717) is 6.54 Å². The lowest BCUT2D eigenvalue weighted by molar-refractivity contribution is -0.138. The first-order valence-electron chi connectivity index (χ1n) is 5.79. The van der Waals surface area contributed by atoms with Crippen molar-refractivity contribution in [1.82, 2.24) is 15.1 Å². The molecule has 0 atom stereocenters. The summed E-state index contributed by atoms with van der Waals surface area (Å²) in [4.78, 5) is 36.4. The van der Waals surface area contributed by atoms with Gasteiger partial charge in [-0.2, -0.15) is 0 Å². The van der Waals surface area contributed by atoms with E-state index < -0.39 is 12.0 Å². The molecule has 0 spiro atoms. The molecule has 0 bridgehead atoms. The van der Waals surface area contributed by atoms with Crippen LogP contribution in [0, 0.1) is 0 Å². The van der Waals surface area contributed by atoms with E-state index in [0.717, 1.165) is 0 Å². The number of carboxylic acid groups (broad SMARTS) is 1. The zero-order chi connectivity index (χ0) is 14.3. The van der Waals surface area contributed by atoms with Crippen molar-refractivity contribution < 1.29 is 19.5 Å². The minimum absolute atomic E-state index is 0.0878. The van der Waals surface area contributed by atoms with Crippen LogP contribution in [0.5, 0.6) is 0 Å². The highest BCUT2D eigenvalue weighted by atomic mass is 16.4. The Morgan fingerprint density at radius 1 is 1.22 bits per heavy atom. The van der Waals surface area contributed by atoms with Gasteiger partial charge in [0.25, 0.3) is 0 Å². The van der Waals surface area contributed by atoms with Crippen molar-refractivity contribution in [1.29, 1.82) is 0 Å². The maximum atomic E-state index is 12.0. The summed E-state index contributed by atoms with van der Waals surface area (Å²) in [5.41, 5.74) is 0. The Bertz CT molecular complexity index is 317. The molecule has 0 heterocycles. The lowest BCUT2D eigenvalue weighted by Crippen LogP contribution is -2.49. The van der Waals surface area contributed by atoms with Gasteiger partial charge in [-0.3, -0.25) is 9.59 Å². The molecule has 3 amide bonds. The third kappa shape index (κ3) is 5.51. The van der Waals surface area contributed by atoms with E-state index in [1.54, 1.807) is 20.8 Å². The summed E-state index contributed by atoms with van der Waals surface area (Å²) in [6.07, 6.45) is 0. The van der Waals surface area contributed by atoms with Gasteiger partial charge in [0.15, 0.2) is 0 Å². The fourth-order valence-corrected chi connectivity index (χ4v) is 1.37. The predicted molar refractivity (Wildman–Crippen MR) is 66.2 cm³/mol. The van der Waals surface area contributed by atoms with Crippen LogP contribution in [0.15, 0.2) is 0 Å². The number of urea groups is 1. The number of nitrogens with one attached hydrogen (secondary N) is 1. The van der Waals surface area contributed by atoms with Gasteiger partial charge in [-0.1, -0.05) is 0 Å². The van der Waals surface area contributed by atoms with Gasteiger partial charge in [0, 0.05) is 19.6 Å². The largest absolute Gasteiger partial charge is 0.480 e. The topological polar surface area (TPSA) is 90.0 Å². The fourth-order valence-electron chi connectivity index (χ4n) is 1.37. The average molecular weight is 259 g/mol. The van der Waals surface area contributed by atoms with Crippen molar-refractivity contribution in [2.45, 2.75) is 26.8 Å². The summed E-state index contributed by atoms with van der Waals surface area (Å²) < 4.78 is 0. The Hall–Kier alpha value is -1.79. The molecule has 0 radical (unpaired) electrons. The normalized spacial score (nSPS) is 10.1. The third-order valence-electron chi connectivity index (χ3n) is 2.26. The molecule has 0 aliphatic carbocycles. The SMILES string of the molecule is CCNC(=O)CN(C)C(=O)N(CC(=O)O)C(C)C. The summed E-state index contributed by atoms with van der Waals surface area (Å²) in [7, 11) is 1.47. The molecule has 0 aliphatic rings. The maximum Gasteiger partial charge on any atom is 0.323 e. The van der Waals surface area contributed by atoms with Crippen molar-refractivity contribution in [2.75, 3.05) is 26.7 Å². The highest BCUT2D eigenvalue weighted by molar-refractivity contribution is 5.85. The summed E-state index contributed by atoms with van der Waals surface area (Å²) in [5, 5.41) is 11.3. The van der Waals surface area contributed by atoms with E-state index in [2.05, 4.69) is 5.32 Å². The van der Waals surface area contributed by atoms with Crippen molar-refractivity contribution >= 4 is 17.9 Å². The average Bonchev–Trinajstić information content (AvgIpc) is 2.24. The quantitative estimate of drug-likeness (QED) is 0.701. The lowest BCUT2D eigenvalue weighted by Gasteiger charge is -2.29. The Morgan fingerprint density at radius 2 is 1.78 bits per heavy atom. The Kier molecular flexibility index (Phi) is 6.77. The molecular formula is C11H21N3O4. The standard InChI is InChI=1S/C11H21N3O4/c1-5-12-9(15)6-13(4)11(18)14(8(2)3)7-10(16)17/h8H,5-7H2,1-4H3,(H,12,15)(H,16,17). The molecule has 2 N–H and O–H groups in total. The van der Waals surface area contributed by atoms with Gasteiger partial charge >= 0.3 is 12.0 Å². The van der Waals surface area contributed by atoms with Crippen LogP contribution in [0.3, 0.4) is 0 Å². The second kappa shape index (κ2) is 7.52. The maximum absolute atomic E-state index is 12.0. The minimum Gasteiger partial charge on any atom is -0.480 e. The third-order valence-corrected chi connectivity index (χ3v) is 2.26. The van der Waals surface area contributed by atoms with E-state index in [-0.39, 0.29) is 25.0 Å². The van der Waals surface area contributed by atoms with E-state index in [9.17, 15) is 14.4 Å². The van der Waals surface area contributed by atoms with E-state index in [1.807, 2.05) is 0 Å². The molecule has 0 aromatic heterocycles. The first kappa shape index (κ1) is 16.2. The van der Waals surface area contributed by atoms with E-state index in [1.165, 1.54) is 16.8 Å². The van der Waals surface area contributed by atoms with Gasteiger partial charge in [-0.15, -0.1) is 0 Å². The molecule has 0 fully saturated rings. The number of rotatable bonds is 6. The second-order valence-corrected chi connectivity index (χ2v) is 4.21. The number of hydrogen-bond acceptors (Lipinski definition) is 3. The lowest BCUT2D eigenvalue weighted by atomic mass is 10.3. The van der Waals surface area contributed by atoms with Crippen molar-refractivity contribution in [3.05, 3.63) is 0 Å². The highest BCUT2D eigenvalue weighted by Crippen LogP contribution is 2.03. The van der Waals surface area contributed by atoms with Gasteiger partial charge in [0.05, 0.1) is 0 Å². The van der Waals surface area contributed by atoms with E-state index in [4.69, 9.17) is 5.11 Å². The molecule has 0 aromatic rings. The first-order chi connectivity index (χ1) is 8.29. The molecule has 18 heavy (non-hydrogen) atoms. The van der Waals surface area contributed by atoms with Gasteiger partial charge in [-0.05, 0) is 20.8 Å². The number of carboxylic acids is 1. The first-order valence-corrected chi connectivity index (χ1v) is 5.79. The van der Waals surface area contributed by atoms with Gasteiger partial charge < -0.3 is 20.2 Å². The molecule has 7 nitrogen and oxygen atoms in total. The Labute approximate surface area is 107 Å². The number of nitrogens with zero attached hydrogens (tertiary/aromatic N) is 2. The van der Waals surface area contributed by atoms with Crippen LogP contribution in [0.2, 0.25) is 0 Å². The molecule has 0 aliphatic heterocycles.